The lowest BCUT2D eigenvalue weighted by Crippen LogP contribution is -2.28. The number of halogens is 3. The van der Waals surface area contributed by atoms with E-state index in [0.29, 0.717) is 17.1 Å². The number of aromatic amines is 1. The van der Waals surface area contributed by atoms with Crippen molar-refractivity contribution in [1.29, 1.82) is 0 Å². The molecule has 2 N–H and O–H groups in total. The Balaban J connectivity index is 1.88. The molecule has 1 unspecified atom stereocenters. The third kappa shape index (κ3) is 4.81. The standard InChI is InChI=1S/C19H17Cl2FN4O3S/c1-2-9-26(30(28)29)15-8-7-13(21)17(18(15)22)19(27)23-16-10-14(24-25-16)11-3-5-12(20)6-4-11/h3-8,10H,2,9H2,1H3,(H,28,29)(H2,23,24,25,27)/p-1. The minimum absolute atomic E-state index is 0.0551. The molecule has 1 heterocycles. The van der Waals surface area contributed by atoms with E-state index >= 15 is 4.39 Å². The number of nitrogens with one attached hydrogen (secondary N) is 2. The number of nitrogens with zero attached hydrogens (tertiary/aromatic N) is 2. The van der Waals surface area contributed by atoms with Gasteiger partial charge in [-0.15, -0.1) is 0 Å². The summed E-state index contributed by atoms with van der Waals surface area (Å²) in [7, 11) is 0. The number of H-pyrrole nitrogens is 1. The molecule has 2 aromatic carbocycles. The van der Waals surface area contributed by atoms with Crippen LogP contribution in [0.5, 0.6) is 0 Å². The van der Waals surface area contributed by atoms with Crippen molar-refractivity contribution in [3.05, 3.63) is 63.9 Å². The molecular weight excluding hydrogens is 454 g/mol. The molecule has 1 aromatic heterocycles. The number of aromatic nitrogens is 2. The Kier molecular flexibility index (Phi) is 7.09. The highest BCUT2D eigenvalue weighted by molar-refractivity contribution is 7.80. The summed E-state index contributed by atoms with van der Waals surface area (Å²) in [5.74, 6) is -1.75. The summed E-state index contributed by atoms with van der Waals surface area (Å²) in [6.07, 6.45) is 0.457. The first-order valence-corrected chi connectivity index (χ1v) is 10.6. The molecule has 0 aliphatic heterocycles. The Hall–Kier alpha value is -2.46. The average molecular weight is 470 g/mol. The van der Waals surface area contributed by atoms with Crippen molar-refractivity contribution in [2.75, 3.05) is 16.2 Å². The minimum Gasteiger partial charge on any atom is -0.755 e. The molecule has 0 aliphatic carbocycles. The molecule has 7 nitrogen and oxygen atoms in total. The maximum Gasteiger partial charge on any atom is 0.261 e. The van der Waals surface area contributed by atoms with Crippen molar-refractivity contribution >= 4 is 51.9 Å². The Bertz CT molecular complexity index is 1090. The highest BCUT2D eigenvalue weighted by Crippen LogP contribution is 2.30. The molecule has 1 atom stereocenters. The van der Waals surface area contributed by atoms with Gasteiger partial charge in [0.15, 0.2) is 11.6 Å². The number of hydrogen-bond donors (Lipinski definition) is 2. The first-order valence-electron chi connectivity index (χ1n) is 8.79. The van der Waals surface area contributed by atoms with Crippen molar-refractivity contribution in [2.24, 2.45) is 0 Å². The van der Waals surface area contributed by atoms with Gasteiger partial charge in [0.25, 0.3) is 5.91 Å². The van der Waals surface area contributed by atoms with Crippen LogP contribution in [0.2, 0.25) is 10.0 Å². The van der Waals surface area contributed by atoms with Gasteiger partial charge >= 0.3 is 0 Å². The smallest absolute Gasteiger partial charge is 0.261 e. The highest BCUT2D eigenvalue weighted by atomic mass is 35.5. The van der Waals surface area contributed by atoms with Gasteiger partial charge in [-0.05, 0) is 36.2 Å². The van der Waals surface area contributed by atoms with Crippen LogP contribution >= 0.6 is 23.2 Å². The number of carbonyl (C=O) groups is 1. The predicted octanol–water partition coefficient (Wildman–Crippen LogP) is 4.79. The van der Waals surface area contributed by atoms with Crippen molar-refractivity contribution < 1.29 is 17.9 Å². The van der Waals surface area contributed by atoms with Gasteiger partial charge in [-0.3, -0.25) is 18.4 Å². The van der Waals surface area contributed by atoms with Gasteiger partial charge in [0, 0.05) is 28.9 Å². The number of hydrogen-bond acceptors (Lipinski definition) is 4. The summed E-state index contributed by atoms with van der Waals surface area (Å²) < 4.78 is 38.8. The van der Waals surface area contributed by atoms with E-state index in [2.05, 4.69) is 15.5 Å². The second-order valence-corrected chi connectivity index (χ2v) is 7.92. The zero-order valence-corrected chi connectivity index (χ0v) is 17.9. The van der Waals surface area contributed by atoms with E-state index < -0.39 is 28.6 Å². The third-order valence-electron chi connectivity index (χ3n) is 4.15. The maximum atomic E-state index is 15.0. The normalized spacial score (nSPS) is 11.9. The van der Waals surface area contributed by atoms with E-state index in [1.165, 1.54) is 12.1 Å². The summed E-state index contributed by atoms with van der Waals surface area (Å²) in [6.45, 7) is 1.80. The van der Waals surface area contributed by atoms with Gasteiger partial charge in [0.2, 0.25) is 0 Å². The molecule has 30 heavy (non-hydrogen) atoms. The van der Waals surface area contributed by atoms with E-state index in [0.717, 1.165) is 9.87 Å². The highest BCUT2D eigenvalue weighted by Gasteiger charge is 2.23. The molecule has 0 aliphatic rings. The molecule has 3 aromatic rings. The lowest BCUT2D eigenvalue weighted by molar-refractivity contribution is 0.102. The average Bonchev–Trinajstić information content (AvgIpc) is 3.15. The number of anilines is 2. The molecule has 0 bridgehead atoms. The van der Waals surface area contributed by atoms with Gasteiger partial charge in [-0.25, -0.2) is 4.39 Å². The van der Waals surface area contributed by atoms with E-state index in [1.54, 1.807) is 37.3 Å². The van der Waals surface area contributed by atoms with E-state index in [1.807, 2.05) is 0 Å². The van der Waals surface area contributed by atoms with Crippen molar-refractivity contribution in [1.82, 2.24) is 10.2 Å². The predicted molar refractivity (Wildman–Crippen MR) is 115 cm³/mol. The first kappa shape index (κ1) is 22.2. The number of carbonyl (C=O) groups excluding carboxylic acids is 1. The van der Waals surface area contributed by atoms with Crippen LogP contribution in [0.15, 0.2) is 42.5 Å². The second-order valence-electron chi connectivity index (χ2n) is 6.20. The van der Waals surface area contributed by atoms with Crippen molar-refractivity contribution in [3.8, 4) is 11.3 Å². The monoisotopic (exact) mass is 469 g/mol. The minimum atomic E-state index is -2.71. The van der Waals surface area contributed by atoms with Crippen LogP contribution in [0, 0.1) is 5.82 Å². The van der Waals surface area contributed by atoms with Crippen LogP contribution in [0.25, 0.3) is 11.3 Å². The topological polar surface area (TPSA) is 101 Å². The van der Waals surface area contributed by atoms with Gasteiger partial charge in [0.1, 0.15) is 0 Å². The maximum absolute atomic E-state index is 15.0. The Morgan fingerprint density at radius 2 is 1.97 bits per heavy atom. The molecule has 0 spiro atoms. The van der Waals surface area contributed by atoms with Crippen LogP contribution in [0.1, 0.15) is 23.7 Å². The van der Waals surface area contributed by atoms with Crippen LogP contribution in [-0.2, 0) is 11.3 Å². The number of rotatable bonds is 7. The summed E-state index contributed by atoms with van der Waals surface area (Å²) in [5.41, 5.74) is 0.658. The van der Waals surface area contributed by atoms with Crippen LogP contribution in [0.4, 0.5) is 15.9 Å². The zero-order valence-electron chi connectivity index (χ0n) is 15.6. The lowest BCUT2D eigenvalue weighted by Gasteiger charge is -2.27. The van der Waals surface area contributed by atoms with E-state index in [4.69, 9.17) is 23.2 Å². The molecule has 0 saturated carbocycles. The molecule has 3 rings (SSSR count). The molecule has 158 valence electrons. The van der Waals surface area contributed by atoms with Gasteiger partial charge < -0.3 is 9.87 Å². The van der Waals surface area contributed by atoms with Gasteiger partial charge in [0.05, 0.1) is 22.0 Å². The van der Waals surface area contributed by atoms with Crippen LogP contribution < -0.4 is 9.62 Å². The van der Waals surface area contributed by atoms with Crippen molar-refractivity contribution in [2.45, 2.75) is 13.3 Å². The van der Waals surface area contributed by atoms with Gasteiger partial charge in [-0.2, -0.15) is 5.10 Å². The quantitative estimate of drug-likeness (QED) is 0.485. The SMILES string of the molecule is CCCN(c1ccc(Cl)c(C(=O)Nc2cc(-c3ccc(Cl)cc3)[nH]n2)c1F)S(=O)[O-]. The number of amides is 1. The lowest BCUT2D eigenvalue weighted by atomic mass is 10.1. The largest absolute Gasteiger partial charge is 0.755 e. The fraction of sp³-hybridized carbons (Fsp3) is 0.158. The molecule has 0 fully saturated rings. The third-order valence-corrected chi connectivity index (χ3v) is 5.45. The molecule has 0 radical (unpaired) electrons. The first-order chi connectivity index (χ1) is 14.3. The molecule has 0 saturated heterocycles. The molecule has 1 amide bonds. The second kappa shape index (κ2) is 9.57. The summed E-state index contributed by atoms with van der Waals surface area (Å²) in [5, 5.41) is 9.64. The Morgan fingerprint density at radius 3 is 2.60 bits per heavy atom. The van der Waals surface area contributed by atoms with Crippen molar-refractivity contribution in [3.63, 3.8) is 0 Å². The van der Waals surface area contributed by atoms with Crippen LogP contribution in [-0.4, -0.2) is 31.4 Å². The Morgan fingerprint density at radius 1 is 1.27 bits per heavy atom. The fourth-order valence-corrected chi connectivity index (χ4v) is 3.75. The molecule has 11 heteroatoms. The molecular formula is C19H16Cl2FN4O3S-. The van der Waals surface area contributed by atoms with E-state index in [-0.39, 0.29) is 23.1 Å². The summed E-state index contributed by atoms with van der Waals surface area (Å²) >= 11 is 9.19. The van der Waals surface area contributed by atoms with Gasteiger partial charge in [-0.1, -0.05) is 42.3 Å². The fourth-order valence-electron chi connectivity index (χ4n) is 2.76. The van der Waals surface area contributed by atoms with E-state index in [9.17, 15) is 13.6 Å². The zero-order chi connectivity index (χ0) is 21.8. The van der Waals surface area contributed by atoms with Crippen LogP contribution in [0.3, 0.4) is 0 Å². The summed E-state index contributed by atoms with van der Waals surface area (Å²) in [4.78, 5) is 12.7. The number of benzene rings is 2. The Labute approximate surface area is 184 Å². The summed E-state index contributed by atoms with van der Waals surface area (Å²) in [6, 6.07) is 11.0.